The predicted molar refractivity (Wildman–Crippen MR) is 77.3 cm³/mol. The Morgan fingerprint density at radius 1 is 1.10 bits per heavy atom. The number of amides is 1. The van der Waals surface area contributed by atoms with Crippen LogP contribution in [-0.4, -0.2) is 20.1 Å². The summed E-state index contributed by atoms with van der Waals surface area (Å²) in [5, 5.41) is 2.55. The SMILES string of the molecule is CNC(=O)c1ccc(N)c(Oc2ccccc2OC)c1. The van der Waals surface area contributed by atoms with Crippen LogP contribution in [0.25, 0.3) is 0 Å². The molecule has 0 heterocycles. The van der Waals surface area contributed by atoms with Crippen LogP contribution in [0.3, 0.4) is 0 Å². The Hall–Kier alpha value is -2.69. The van der Waals surface area contributed by atoms with Gasteiger partial charge in [0.2, 0.25) is 0 Å². The van der Waals surface area contributed by atoms with Crippen LogP contribution in [0.4, 0.5) is 5.69 Å². The van der Waals surface area contributed by atoms with E-state index in [1.165, 1.54) is 0 Å². The van der Waals surface area contributed by atoms with Crippen LogP contribution in [-0.2, 0) is 0 Å². The van der Waals surface area contributed by atoms with Gasteiger partial charge in [0.15, 0.2) is 17.2 Å². The van der Waals surface area contributed by atoms with Gasteiger partial charge >= 0.3 is 0 Å². The normalized spacial score (nSPS) is 9.90. The summed E-state index contributed by atoms with van der Waals surface area (Å²) < 4.78 is 10.9. The lowest BCUT2D eigenvalue weighted by Crippen LogP contribution is -2.17. The third kappa shape index (κ3) is 2.83. The van der Waals surface area contributed by atoms with Crippen LogP contribution in [0, 0.1) is 0 Å². The first-order valence-corrected chi connectivity index (χ1v) is 6.08. The van der Waals surface area contributed by atoms with Gasteiger partial charge in [0.25, 0.3) is 5.91 Å². The summed E-state index contributed by atoms with van der Waals surface area (Å²) >= 11 is 0. The number of nitrogens with one attached hydrogen (secondary N) is 1. The molecule has 0 atom stereocenters. The summed E-state index contributed by atoms with van der Waals surface area (Å²) in [5.74, 6) is 1.35. The summed E-state index contributed by atoms with van der Waals surface area (Å²) in [4.78, 5) is 11.6. The number of hydrogen-bond acceptors (Lipinski definition) is 4. The van der Waals surface area contributed by atoms with E-state index in [4.69, 9.17) is 15.2 Å². The second kappa shape index (κ2) is 5.97. The average Bonchev–Trinajstić information content (AvgIpc) is 2.49. The number of carbonyl (C=O) groups excluding carboxylic acids is 1. The van der Waals surface area contributed by atoms with Crippen LogP contribution in [0.15, 0.2) is 42.5 Å². The molecule has 0 fully saturated rings. The molecule has 0 unspecified atom stereocenters. The largest absolute Gasteiger partial charge is 0.493 e. The molecular formula is C15H16N2O3. The molecule has 20 heavy (non-hydrogen) atoms. The highest BCUT2D eigenvalue weighted by Crippen LogP contribution is 2.34. The van der Waals surface area contributed by atoms with Gasteiger partial charge in [-0.1, -0.05) is 12.1 Å². The van der Waals surface area contributed by atoms with Crippen molar-refractivity contribution in [3.05, 3.63) is 48.0 Å². The fourth-order valence-electron chi connectivity index (χ4n) is 1.73. The van der Waals surface area contributed by atoms with Crippen LogP contribution in [0.2, 0.25) is 0 Å². The van der Waals surface area contributed by atoms with E-state index >= 15 is 0 Å². The Balaban J connectivity index is 2.35. The van der Waals surface area contributed by atoms with Gasteiger partial charge in [-0.15, -0.1) is 0 Å². The minimum Gasteiger partial charge on any atom is -0.493 e. The standard InChI is InChI=1S/C15H16N2O3/c1-17-15(18)10-7-8-11(16)14(9-10)20-13-6-4-3-5-12(13)19-2/h3-9H,16H2,1-2H3,(H,17,18). The number of nitrogen functional groups attached to an aromatic ring is 1. The maximum atomic E-state index is 11.6. The second-order valence-electron chi connectivity index (χ2n) is 4.08. The van der Waals surface area contributed by atoms with E-state index in [1.54, 1.807) is 44.5 Å². The molecule has 3 N–H and O–H groups in total. The molecule has 2 aromatic rings. The van der Waals surface area contributed by atoms with E-state index in [9.17, 15) is 4.79 Å². The number of rotatable bonds is 4. The first-order chi connectivity index (χ1) is 9.65. The van der Waals surface area contributed by atoms with Crippen molar-refractivity contribution in [2.24, 2.45) is 0 Å². The minimum absolute atomic E-state index is 0.199. The molecule has 1 amide bonds. The van der Waals surface area contributed by atoms with Gasteiger partial charge in [0, 0.05) is 12.6 Å². The van der Waals surface area contributed by atoms with Crippen molar-refractivity contribution in [1.29, 1.82) is 0 Å². The summed E-state index contributed by atoms with van der Waals surface area (Å²) in [6, 6.07) is 12.1. The Morgan fingerprint density at radius 3 is 2.45 bits per heavy atom. The van der Waals surface area contributed by atoms with Gasteiger partial charge in [0.1, 0.15) is 0 Å². The highest BCUT2D eigenvalue weighted by atomic mass is 16.5. The van der Waals surface area contributed by atoms with E-state index in [1.807, 2.05) is 12.1 Å². The van der Waals surface area contributed by atoms with Crippen molar-refractivity contribution in [3.63, 3.8) is 0 Å². The Labute approximate surface area is 117 Å². The smallest absolute Gasteiger partial charge is 0.251 e. The first-order valence-electron chi connectivity index (χ1n) is 6.08. The van der Waals surface area contributed by atoms with E-state index < -0.39 is 0 Å². The van der Waals surface area contributed by atoms with Crippen molar-refractivity contribution in [1.82, 2.24) is 5.32 Å². The van der Waals surface area contributed by atoms with Gasteiger partial charge in [-0.25, -0.2) is 0 Å². The molecule has 2 aromatic carbocycles. The topological polar surface area (TPSA) is 73.6 Å². The molecule has 0 radical (unpaired) electrons. The highest BCUT2D eigenvalue weighted by molar-refractivity contribution is 5.95. The van der Waals surface area contributed by atoms with Gasteiger partial charge < -0.3 is 20.5 Å². The average molecular weight is 272 g/mol. The summed E-state index contributed by atoms with van der Waals surface area (Å²) in [6.45, 7) is 0. The molecule has 0 bridgehead atoms. The molecule has 0 aliphatic rings. The molecule has 0 aliphatic carbocycles. The number of carbonyl (C=O) groups is 1. The van der Waals surface area contributed by atoms with Gasteiger partial charge in [-0.3, -0.25) is 4.79 Å². The second-order valence-corrected chi connectivity index (χ2v) is 4.08. The van der Waals surface area contributed by atoms with Crippen molar-refractivity contribution >= 4 is 11.6 Å². The molecule has 5 nitrogen and oxygen atoms in total. The van der Waals surface area contributed by atoms with Crippen LogP contribution in [0.5, 0.6) is 17.2 Å². The summed E-state index contributed by atoms with van der Waals surface area (Å²) in [5.41, 5.74) is 6.80. The van der Waals surface area contributed by atoms with Crippen LogP contribution in [0.1, 0.15) is 10.4 Å². The van der Waals surface area contributed by atoms with E-state index in [0.29, 0.717) is 28.5 Å². The Bertz CT molecular complexity index is 626. The molecule has 0 saturated heterocycles. The molecule has 0 aromatic heterocycles. The van der Waals surface area contributed by atoms with Crippen molar-refractivity contribution < 1.29 is 14.3 Å². The molecule has 0 saturated carbocycles. The number of anilines is 1. The van der Waals surface area contributed by atoms with Crippen LogP contribution >= 0.6 is 0 Å². The Kier molecular flexibility index (Phi) is 4.10. The maximum Gasteiger partial charge on any atom is 0.251 e. The quantitative estimate of drug-likeness (QED) is 0.838. The number of benzene rings is 2. The lowest BCUT2D eigenvalue weighted by molar-refractivity contribution is 0.0963. The molecule has 104 valence electrons. The van der Waals surface area contributed by atoms with Crippen LogP contribution < -0.4 is 20.5 Å². The predicted octanol–water partition coefficient (Wildman–Crippen LogP) is 2.43. The van der Waals surface area contributed by atoms with E-state index in [-0.39, 0.29) is 5.91 Å². The van der Waals surface area contributed by atoms with E-state index in [2.05, 4.69) is 5.32 Å². The third-order valence-electron chi connectivity index (χ3n) is 2.79. The van der Waals surface area contributed by atoms with Crippen molar-refractivity contribution in [2.75, 3.05) is 19.9 Å². The number of ether oxygens (including phenoxy) is 2. The van der Waals surface area contributed by atoms with Gasteiger partial charge in [0.05, 0.1) is 12.8 Å². The first kappa shape index (κ1) is 13.7. The number of methoxy groups -OCH3 is 1. The zero-order valence-corrected chi connectivity index (χ0v) is 11.3. The molecule has 5 heteroatoms. The lowest BCUT2D eigenvalue weighted by atomic mass is 10.2. The zero-order chi connectivity index (χ0) is 14.5. The number of hydrogen-bond donors (Lipinski definition) is 2. The molecule has 0 spiro atoms. The fraction of sp³-hybridized carbons (Fsp3) is 0.133. The number of para-hydroxylation sites is 2. The monoisotopic (exact) mass is 272 g/mol. The number of nitrogens with two attached hydrogens (primary N) is 1. The Morgan fingerprint density at radius 2 is 1.80 bits per heavy atom. The third-order valence-corrected chi connectivity index (χ3v) is 2.79. The maximum absolute atomic E-state index is 11.6. The highest BCUT2D eigenvalue weighted by Gasteiger charge is 2.10. The van der Waals surface area contributed by atoms with Gasteiger partial charge in [-0.05, 0) is 30.3 Å². The molecule has 2 rings (SSSR count). The van der Waals surface area contributed by atoms with E-state index in [0.717, 1.165) is 0 Å². The zero-order valence-electron chi connectivity index (χ0n) is 11.3. The summed E-state index contributed by atoms with van der Waals surface area (Å²) in [6.07, 6.45) is 0. The lowest BCUT2D eigenvalue weighted by Gasteiger charge is -2.12. The summed E-state index contributed by atoms with van der Waals surface area (Å²) in [7, 11) is 3.13. The molecular weight excluding hydrogens is 256 g/mol. The molecule has 0 aliphatic heterocycles. The minimum atomic E-state index is -0.199. The van der Waals surface area contributed by atoms with Crippen molar-refractivity contribution in [3.8, 4) is 17.2 Å². The van der Waals surface area contributed by atoms with Gasteiger partial charge in [-0.2, -0.15) is 0 Å². The fourth-order valence-corrected chi connectivity index (χ4v) is 1.73. The van der Waals surface area contributed by atoms with Crippen molar-refractivity contribution in [2.45, 2.75) is 0 Å².